The van der Waals surface area contributed by atoms with Crippen LogP contribution >= 0.6 is 15.9 Å². The van der Waals surface area contributed by atoms with E-state index in [9.17, 15) is 0 Å². The fourth-order valence-electron chi connectivity index (χ4n) is 3.24. The second-order valence-corrected chi connectivity index (χ2v) is 8.04. The van der Waals surface area contributed by atoms with Crippen molar-refractivity contribution in [2.45, 2.75) is 6.42 Å². The van der Waals surface area contributed by atoms with E-state index in [1.165, 1.54) is 0 Å². The SMILES string of the molecule is Brc1cnc(Nc2ccc(OCCCN3CCOCC3)cc2)nc1Nc1ccccc1. The monoisotopic (exact) mass is 483 g/mol. The van der Waals surface area contributed by atoms with Crippen molar-refractivity contribution in [1.29, 1.82) is 0 Å². The van der Waals surface area contributed by atoms with Crippen molar-refractivity contribution in [3.63, 3.8) is 0 Å². The molecule has 4 rings (SSSR count). The smallest absolute Gasteiger partial charge is 0.229 e. The summed E-state index contributed by atoms with van der Waals surface area (Å²) in [6.45, 7) is 5.45. The van der Waals surface area contributed by atoms with Crippen LogP contribution in [0.1, 0.15) is 6.42 Å². The van der Waals surface area contributed by atoms with Gasteiger partial charge in [-0.1, -0.05) is 18.2 Å². The highest BCUT2D eigenvalue weighted by Crippen LogP contribution is 2.25. The maximum atomic E-state index is 5.87. The van der Waals surface area contributed by atoms with Crippen molar-refractivity contribution in [3.8, 4) is 5.75 Å². The van der Waals surface area contributed by atoms with Crippen molar-refractivity contribution >= 4 is 39.1 Å². The van der Waals surface area contributed by atoms with Gasteiger partial charge < -0.3 is 20.1 Å². The van der Waals surface area contributed by atoms with Crippen LogP contribution in [0, 0.1) is 0 Å². The number of benzene rings is 2. The fourth-order valence-corrected chi connectivity index (χ4v) is 3.53. The summed E-state index contributed by atoms with van der Waals surface area (Å²) in [5, 5.41) is 6.53. The first-order valence-electron chi connectivity index (χ1n) is 10.4. The molecule has 1 aromatic heterocycles. The van der Waals surface area contributed by atoms with Crippen molar-refractivity contribution in [1.82, 2.24) is 14.9 Å². The maximum Gasteiger partial charge on any atom is 0.229 e. The first-order chi connectivity index (χ1) is 15.3. The lowest BCUT2D eigenvalue weighted by Crippen LogP contribution is -2.37. The third-order valence-corrected chi connectivity index (χ3v) is 5.46. The largest absolute Gasteiger partial charge is 0.494 e. The van der Waals surface area contributed by atoms with E-state index >= 15 is 0 Å². The molecule has 1 saturated heterocycles. The van der Waals surface area contributed by atoms with Crippen LogP contribution in [0.2, 0.25) is 0 Å². The summed E-state index contributed by atoms with van der Waals surface area (Å²) in [5.74, 6) is 2.07. The van der Waals surface area contributed by atoms with Gasteiger partial charge in [0.2, 0.25) is 5.95 Å². The summed E-state index contributed by atoms with van der Waals surface area (Å²) in [6, 6.07) is 17.7. The average molecular weight is 484 g/mol. The Kier molecular flexibility index (Phi) is 7.71. The van der Waals surface area contributed by atoms with E-state index < -0.39 is 0 Å². The number of anilines is 4. The molecule has 3 aromatic rings. The van der Waals surface area contributed by atoms with Crippen LogP contribution in [0.3, 0.4) is 0 Å². The van der Waals surface area contributed by atoms with Crippen LogP contribution in [0.15, 0.2) is 65.3 Å². The van der Waals surface area contributed by atoms with Crippen LogP contribution in [0.25, 0.3) is 0 Å². The zero-order valence-corrected chi connectivity index (χ0v) is 18.8. The van der Waals surface area contributed by atoms with E-state index in [4.69, 9.17) is 9.47 Å². The standard InChI is InChI=1S/C23H26BrN5O2/c24-21-17-25-23(28-22(21)26-18-5-2-1-3-6-18)27-19-7-9-20(10-8-19)31-14-4-11-29-12-15-30-16-13-29/h1-3,5-10,17H,4,11-16H2,(H2,25,26,27,28). The molecule has 0 amide bonds. The Balaban J connectivity index is 1.28. The van der Waals surface area contributed by atoms with Gasteiger partial charge in [-0.05, 0) is 58.7 Å². The number of hydrogen-bond donors (Lipinski definition) is 2. The molecule has 2 heterocycles. The molecule has 1 aliphatic heterocycles. The fraction of sp³-hybridized carbons (Fsp3) is 0.304. The topological polar surface area (TPSA) is 71.5 Å². The minimum absolute atomic E-state index is 0.515. The van der Waals surface area contributed by atoms with Crippen LogP contribution in [-0.4, -0.2) is 54.3 Å². The van der Waals surface area contributed by atoms with Crippen LogP contribution in [0.5, 0.6) is 5.75 Å². The second-order valence-electron chi connectivity index (χ2n) is 7.19. The van der Waals surface area contributed by atoms with Crippen molar-refractivity contribution < 1.29 is 9.47 Å². The van der Waals surface area contributed by atoms with Crippen LogP contribution in [0.4, 0.5) is 23.1 Å². The molecule has 2 aromatic carbocycles. The van der Waals surface area contributed by atoms with Crippen molar-refractivity contribution in [3.05, 3.63) is 65.3 Å². The number of hydrogen-bond acceptors (Lipinski definition) is 7. The Hall–Kier alpha value is -2.68. The summed E-state index contributed by atoms with van der Waals surface area (Å²) in [7, 11) is 0. The Bertz CT molecular complexity index is 950. The Morgan fingerprint density at radius 2 is 1.71 bits per heavy atom. The number of nitrogens with zero attached hydrogens (tertiary/aromatic N) is 3. The molecule has 1 aliphatic rings. The van der Waals surface area contributed by atoms with Gasteiger partial charge in [0.15, 0.2) is 0 Å². The van der Waals surface area contributed by atoms with Gasteiger partial charge in [0, 0.05) is 37.2 Å². The molecule has 0 atom stereocenters. The summed E-state index contributed by atoms with van der Waals surface area (Å²) >= 11 is 3.50. The molecule has 0 bridgehead atoms. The number of aromatic nitrogens is 2. The molecule has 7 nitrogen and oxygen atoms in total. The predicted octanol–water partition coefficient (Wildman–Crippen LogP) is 4.83. The molecule has 0 radical (unpaired) electrons. The normalized spacial score (nSPS) is 14.2. The molecule has 0 saturated carbocycles. The lowest BCUT2D eigenvalue weighted by molar-refractivity contribution is 0.0358. The minimum atomic E-state index is 0.515. The number of ether oxygens (including phenoxy) is 2. The minimum Gasteiger partial charge on any atom is -0.494 e. The van der Waals surface area contributed by atoms with Gasteiger partial charge in [-0.3, -0.25) is 4.90 Å². The van der Waals surface area contributed by atoms with Gasteiger partial charge in [0.1, 0.15) is 11.6 Å². The number of halogens is 1. The molecule has 31 heavy (non-hydrogen) atoms. The van der Waals surface area contributed by atoms with Crippen LogP contribution in [-0.2, 0) is 4.74 Å². The maximum absolute atomic E-state index is 5.87. The highest BCUT2D eigenvalue weighted by molar-refractivity contribution is 9.10. The Morgan fingerprint density at radius 1 is 0.968 bits per heavy atom. The molecule has 0 spiro atoms. The molecule has 0 aliphatic carbocycles. The molecule has 0 unspecified atom stereocenters. The number of para-hydroxylation sites is 1. The quantitative estimate of drug-likeness (QED) is 0.422. The molecule has 2 N–H and O–H groups in total. The van der Waals surface area contributed by atoms with E-state index in [0.29, 0.717) is 18.4 Å². The molecular weight excluding hydrogens is 458 g/mol. The zero-order chi connectivity index (χ0) is 21.3. The van der Waals surface area contributed by atoms with E-state index in [2.05, 4.69) is 41.4 Å². The van der Waals surface area contributed by atoms with E-state index in [1.54, 1.807) is 6.20 Å². The average Bonchev–Trinajstić information content (AvgIpc) is 2.81. The molecular formula is C23H26BrN5O2. The first-order valence-corrected chi connectivity index (χ1v) is 11.2. The van der Waals surface area contributed by atoms with Crippen molar-refractivity contribution in [2.24, 2.45) is 0 Å². The zero-order valence-electron chi connectivity index (χ0n) is 17.3. The van der Waals surface area contributed by atoms with Crippen molar-refractivity contribution in [2.75, 3.05) is 50.1 Å². The van der Waals surface area contributed by atoms with Crippen LogP contribution < -0.4 is 15.4 Å². The first kappa shape index (κ1) is 21.5. The molecule has 1 fully saturated rings. The summed E-state index contributed by atoms with van der Waals surface area (Å²) in [4.78, 5) is 11.3. The van der Waals surface area contributed by atoms with E-state index in [-0.39, 0.29) is 0 Å². The van der Waals surface area contributed by atoms with Gasteiger partial charge in [0.25, 0.3) is 0 Å². The Morgan fingerprint density at radius 3 is 2.48 bits per heavy atom. The van der Waals surface area contributed by atoms with E-state index in [1.807, 2.05) is 54.6 Å². The third kappa shape index (κ3) is 6.65. The highest BCUT2D eigenvalue weighted by Gasteiger charge is 2.09. The van der Waals surface area contributed by atoms with Gasteiger partial charge in [-0.15, -0.1) is 0 Å². The van der Waals surface area contributed by atoms with Gasteiger partial charge in [0.05, 0.1) is 24.3 Å². The number of rotatable bonds is 9. The predicted molar refractivity (Wildman–Crippen MR) is 127 cm³/mol. The van der Waals surface area contributed by atoms with Gasteiger partial charge >= 0.3 is 0 Å². The number of morpholine rings is 1. The second kappa shape index (κ2) is 11.1. The lowest BCUT2D eigenvalue weighted by atomic mass is 10.3. The number of nitrogens with one attached hydrogen (secondary N) is 2. The highest BCUT2D eigenvalue weighted by atomic mass is 79.9. The van der Waals surface area contributed by atoms with Gasteiger partial charge in [-0.25, -0.2) is 4.98 Å². The summed E-state index contributed by atoms with van der Waals surface area (Å²) in [6.07, 6.45) is 2.73. The Labute approximate surface area is 190 Å². The molecule has 162 valence electrons. The molecule has 8 heteroatoms. The summed E-state index contributed by atoms with van der Waals surface area (Å²) in [5.41, 5.74) is 1.86. The third-order valence-electron chi connectivity index (χ3n) is 4.88. The van der Waals surface area contributed by atoms with Gasteiger partial charge in [-0.2, -0.15) is 4.98 Å². The lowest BCUT2D eigenvalue weighted by Gasteiger charge is -2.26. The van der Waals surface area contributed by atoms with E-state index in [0.717, 1.165) is 60.9 Å². The summed E-state index contributed by atoms with van der Waals surface area (Å²) < 4.78 is 12.0.